The molecule has 0 aromatic carbocycles. The second kappa shape index (κ2) is 6.95. The first-order chi connectivity index (χ1) is 5.20. The molecule has 0 saturated heterocycles. The monoisotopic (exact) mass is 179 g/mol. The van der Waals surface area contributed by atoms with Gasteiger partial charge in [-0.3, -0.25) is 0 Å². The molecule has 0 atom stereocenters. The van der Waals surface area contributed by atoms with Gasteiger partial charge in [0.05, 0.1) is 12.5 Å². The lowest BCUT2D eigenvalue weighted by Gasteiger charge is -2.14. The summed E-state index contributed by atoms with van der Waals surface area (Å²) in [5.41, 5.74) is 0. The number of hydrogen-bond donors (Lipinski definition) is 0. The topological polar surface area (TPSA) is 18.5 Å². The van der Waals surface area contributed by atoms with Gasteiger partial charge in [-0.2, -0.15) is 0 Å². The van der Waals surface area contributed by atoms with Crippen molar-refractivity contribution in [1.82, 2.24) is 0 Å². The molecule has 0 fully saturated rings. The van der Waals surface area contributed by atoms with Crippen LogP contribution >= 0.6 is 0 Å². The molecule has 68 valence electrons. The minimum Gasteiger partial charge on any atom is -0.349 e. The Morgan fingerprint density at radius 1 is 1.09 bits per heavy atom. The van der Waals surface area contributed by atoms with E-state index in [1.807, 2.05) is 13.8 Å². The van der Waals surface area contributed by atoms with Gasteiger partial charge in [-0.1, -0.05) is 0 Å². The van der Waals surface area contributed by atoms with Gasteiger partial charge in [0.25, 0.3) is 0 Å². The highest BCUT2D eigenvalue weighted by atomic mass is 32.2. The maximum atomic E-state index is 5.38. The van der Waals surface area contributed by atoms with E-state index in [0.29, 0.717) is 10.9 Å². The number of rotatable bonds is 6. The Kier molecular flexibility index (Phi) is 7.12. The second-order valence-corrected chi connectivity index (χ2v) is 4.80. The number of ether oxygens (including phenoxy) is 2. The fourth-order valence-electron chi connectivity index (χ4n) is 0.788. The van der Waals surface area contributed by atoms with E-state index in [-0.39, 0.29) is 6.29 Å². The standard InChI is InChI=1S/C8H19O2S/c1-5-9-8(10-6-2)7-11(3)4/h8H,5-7H2,1-4H3/q+1. The third-order valence-corrected chi connectivity index (χ3v) is 2.11. The minimum absolute atomic E-state index is 0.0170. The lowest BCUT2D eigenvalue weighted by atomic mass is 10.7. The molecule has 11 heavy (non-hydrogen) atoms. The SMILES string of the molecule is CCOC(C[S+](C)C)OCC. The minimum atomic E-state index is 0.0170. The molecule has 0 N–H and O–H groups in total. The van der Waals surface area contributed by atoms with Crippen molar-refractivity contribution in [3.8, 4) is 0 Å². The number of hydrogen-bond acceptors (Lipinski definition) is 2. The quantitative estimate of drug-likeness (QED) is 0.451. The third kappa shape index (κ3) is 6.66. The van der Waals surface area contributed by atoms with Crippen molar-refractivity contribution < 1.29 is 9.47 Å². The van der Waals surface area contributed by atoms with Crippen molar-refractivity contribution >= 4 is 10.9 Å². The first kappa shape index (κ1) is 11.3. The summed E-state index contributed by atoms with van der Waals surface area (Å²) in [5, 5.41) is 0. The smallest absolute Gasteiger partial charge is 0.202 e. The normalized spacial score (nSPS) is 11.5. The molecular formula is C8H19O2S+. The molecule has 0 unspecified atom stereocenters. The Morgan fingerprint density at radius 3 is 1.82 bits per heavy atom. The van der Waals surface area contributed by atoms with E-state index in [4.69, 9.17) is 9.47 Å². The molecule has 0 aromatic rings. The molecule has 0 radical (unpaired) electrons. The Labute approximate surface area is 72.6 Å². The molecule has 0 amide bonds. The van der Waals surface area contributed by atoms with E-state index in [1.54, 1.807) is 0 Å². The van der Waals surface area contributed by atoms with Crippen LogP contribution in [-0.2, 0) is 20.4 Å². The molecule has 0 aliphatic carbocycles. The van der Waals surface area contributed by atoms with Gasteiger partial charge in [-0.05, 0) is 24.7 Å². The molecule has 2 nitrogen and oxygen atoms in total. The van der Waals surface area contributed by atoms with Crippen LogP contribution in [0.4, 0.5) is 0 Å². The van der Waals surface area contributed by atoms with Crippen molar-refractivity contribution in [3.63, 3.8) is 0 Å². The van der Waals surface area contributed by atoms with Gasteiger partial charge in [0.15, 0.2) is 5.75 Å². The molecule has 0 saturated carbocycles. The van der Waals surface area contributed by atoms with E-state index < -0.39 is 0 Å². The van der Waals surface area contributed by atoms with Gasteiger partial charge in [0.2, 0.25) is 6.29 Å². The van der Waals surface area contributed by atoms with Gasteiger partial charge in [0, 0.05) is 13.2 Å². The Bertz CT molecular complexity index is 80.2. The van der Waals surface area contributed by atoms with Gasteiger partial charge in [-0.15, -0.1) is 0 Å². The van der Waals surface area contributed by atoms with E-state index >= 15 is 0 Å². The van der Waals surface area contributed by atoms with E-state index in [1.165, 1.54) is 0 Å². The van der Waals surface area contributed by atoms with Crippen LogP contribution in [0.25, 0.3) is 0 Å². The van der Waals surface area contributed by atoms with Crippen LogP contribution in [0, 0.1) is 0 Å². The van der Waals surface area contributed by atoms with Crippen LogP contribution in [0.15, 0.2) is 0 Å². The maximum Gasteiger partial charge on any atom is 0.202 e. The predicted octanol–water partition coefficient (Wildman–Crippen LogP) is 1.26. The summed E-state index contributed by atoms with van der Waals surface area (Å²) >= 11 is 0. The molecule has 0 aliphatic rings. The Balaban J connectivity index is 3.50. The van der Waals surface area contributed by atoms with Crippen molar-refractivity contribution in [3.05, 3.63) is 0 Å². The largest absolute Gasteiger partial charge is 0.349 e. The summed E-state index contributed by atoms with van der Waals surface area (Å²) in [6.07, 6.45) is 4.42. The fraction of sp³-hybridized carbons (Fsp3) is 1.00. The van der Waals surface area contributed by atoms with E-state index in [2.05, 4.69) is 12.5 Å². The first-order valence-electron chi connectivity index (χ1n) is 3.98. The van der Waals surface area contributed by atoms with Crippen LogP contribution in [0.2, 0.25) is 0 Å². The summed E-state index contributed by atoms with van der Waals surface area (Å²) in [6.45, 7) is 5.47. The Hall–Kier alpha value is 0.270. The van der Waals surface area contributed by atoms with Crippen LogP contribution in [-0.4, -0.2) is 37.8 Å². The van der Waals surface area contributed by atoms with Crippen molar-refractivity contribution in [2.24, 2.45) is 0 Å². The van der Waals surface area contributed by atoms with Gasteiger partial charge < -0.3 is 9.47 Å². The third-order valence-electron chi connectivity index (χ3n) is 1.17. The van der Waals surface area contributed by atoms with Crippen LogP contribution in [0.1, 0.15) is 13.8 Å². The van der Waals surface area contributed by atoms with E-state index in [0.717, 1.165) is 19.0 Å². The molecule has 0 aromatic heterocycles. The zero-order valence-electron chi connectivity index (χ0n) is 7.92. The second-order valence-electron chi connectivity index (χ2n) is 2.49. The van der Waals surface area contributed by atoms with Crippen LogP contribution in [0.5, 0.6) is 0 Å². The van der Waals surface area contributed by atoms with Crippen LogP contribution < -0.4 is 0 Å². The van der Waals surface area contributed by atoms with Crippen molar-refractivity contribution in [2.75, 3.05) is 31.5 Å². The summed E-state index contributed by atoms with van der Waals surface area (Å²) in [4.78, 5) is 0. The molecule has 0 bridgehead atoms. The van der Waals surface area contributed by atoms with Crippen molar-refractivity contribution in [2.45, 2.75) is 20.1 Å². The lowest BCUT2D eigenvalue weighted by molar-refractivity contribution is -0.120. The van der Waals surface area contributed by atoms with Gasteiger partial charge in [0.1, 0.15) is 0 Å². The lowest BCUT2D eigenvalue weighted by Crippen LogP contribution is -2.26. The molecule has 0 rings (SSSR count). The molecule has 0 heterocycles. The summed E-state index contributed by atoms with van der Waals surface area (Å²) in [5.74, 6) is 1.02. The molecular weight excluding hydrogens is 160 g/mol. The predicted molar refractivity (Wildman–Crippen MR) is 51.1 cm³/mol. The summed E-state index contributed by atoms with van der Waals surface area (Å²) in [7, 11) is 0.401. The molecule has 3 heteroatoms. The van der Waals surface area contributed by atoms with E-state index in [9.17, 15) is 0 Å². The molecule has 0 spiro atoms. The van der Waals surface area contributed by atoms with Crippen LogP contribution in [0.3, 0.4) is 0 Å². The first-order valence-corrected chi connectivity index (χ1v) is 6.19. The van der Waals surface area contributed by atoms with Gasteiger partial charge >= 0.3 is 0 Å². The highest BCUT2D eigenvalue weighted by Gasteiger charge is 2.15. The summed E-state index contributed by atoms with van der Waals surface area (Å²) in [6, 6.07) is 0. The fourth-order valence-corrected chi connectivity index (χ4v) is 1.53. The maximum absolute atomic E-state index is 5.38. The Morgan fingerprint density at radius 2 is 1.55 bits per heavy atom. The molecule has 0 aliphatic heterocycles. The zero-order chi connectivity index (χ0) is 8.69. The highest BCUT2D eigenvalue weighted by Crippen LogP contribution is 1.99. The zero-order valence-corrected chi connectivity index (χ0v) is 8.74. The average molecular weight is 179 g/mol. The van der Waals surface area contributed by atoms with Gasteiger partial charge in [-0.25, -0.2) is 0 Å². The van der Waals surface area contributed by atoms with Crippen molar-refractivity contribution in [1.29, 1.82) is 0 Å². The highest BCUT2D eigenvalue weighted by molar-refractivity contribution is 7.95. The summed E-state index contributed by atoms with van der Waals surface area (Å²) < 4.78 is 10.8. The average Bonchev–Trinajstić information content (AvgIpc) is 1.87.